The van der Waals surface area contributed by atoms with E-state index >= 15 is 0 Å². The number of Topliss-reactive ketones (excluding diaryl/α,β-unsaturated/α-hetero) is 1. The molecule has 2 bridgehead atoms. The van der Waals surface area contributed by atoms with Gasteiger partial charge in [-0.2, -0.15) is 0 Å². The number of rotatable bonds is 0. The molecule has 2 aliphatic heterocycles. The number of carbonyl (C=O) groups excluding carboxylic acids is 1. The maximum Gasteiger partial charge on any atom is 0.174 e. The molecular formula is C18H22NO3+. The van der Waals surface area contributed by atoms with Crippen LogP contribution in [0.1, 0.15) is 30.4 Å². The highest BCUT2D eigenvalue weighted by Crippen LogP contribution is 2.63. The van der Waals surface area contributed by atoms with Crippen molar-refractivity contribution in [2.45, 2.75) is 43.2 Å². The van der Waals surface area contributed by atoms with Crippen molar-refractivity contribution in [1.82, 2.24) is 0 Å². The molecule has 4 aliphatic rings. The number of hydrogen-bond donors (Lipinski definition) is 1. The number of piperidine rings is 1. The van der Waals surface area contributed by atoms with Crippen molar-refractivity contribution in [3.8, 4) is 11.5 Å². The summed E-state index contributed by atoms with van der Waals surface area (Å²) in [5.74, 6) is 1.53. The number of aromatic hydroxyl groups is 1. The van der Waals surface area contributed by atoms with E-state index in [4.69, 9.17) is 4.74 Å². The Bertz CT molecular complexity index is 711. The smallest absolute Gasteiger partial charge is 0.174 e. The van der Waals surface area contributed by atoms with Crippen molar-refractivity contribution in [2.75, 3.05) is 20.6 Å². The highest BCUT2D eigenvalue weighted by Gasteiger charge is 2.68. The van der Waals surface area contributed by atoms with Crippen LogP contribution in [0, 0.1) is 5.92 Å². The topological polar surface area (TPSA) is 46.5 Å². The number of likely N-dealkylation sites (N-methyl/N-ethyl adjacent to an activating group) is 1. The molecule has 1 aromatic rings. The molecule has 2 aliphatic carbocycles. The van der Waals surface area contributed by atoms with Crippen LogP contribution >= 0.6 is 0 Å². The highest BCUT2D eigenvalue weighted by molar-refractivity contribution is 5.89. The van der Waals surface area contributed by atoms with Crippen LogP contribution in [0.2, 0.25) is 0 Å². The van der Waals surface area contributed by atoms with E-state index in [0.29, 0.717) is 24.1 Å². The molecule has 1 N–H and O–H groups in total. The summed E-state index contributed by atoms with van der Waals surface area (Å²) in [5.41, 5.74) is 2.29. The van der Waals surface area contributed by atoms with Crippen molar-refractivity contribution in [3.63, 3.8) is 0 Å². The van der Waals surface area contributed by atoms with Gasteiger partial charge in [0.25, 0.3) is 0 Å². The zero-order valence-corrected chi connectivity index (χ0v) is 13.1. The van der Waals surface area contributed by atoms with Gasteiger partial charge in [-0.25, -0.2) is 0 Å². The fourth-order valence-electron chi connectivity index (χ4n) is 5.90. The maximum atomic E-state index is 12.6. The van der Waals surface area contributed by atoms with Crippen molar-refractivity contribution < 1.29 is 19.1 Å². The first kappa shape index (κ1) is 12.9. The normalized spacial score (nSPS) is 40.1. The van der Waals surface area contributed by atoms with Crippen LogP contribution in [-0.2, 0) is 16.6 Å². The summed E-state index contributed by atoms with van der Waals surface area (Å²) in [7, 11) is 4.65. The Morgan fingerprint density at radius 3 is 3.00 bits per heavy atom. The molecule has 0 radical (unpaired) electrons. The van der Waals surface area contributed by atoms with Crippen LogP contribution < -0.4 is 4.74 Å². The Morgan fingerprint density at radius 1 is 1.36 bits per heavy atom. The lowest BCUT2D eigenvalue weighted by Gasteiger charge is -2.59. The number of benzene rings is 1. The quantitative estimate of drug-likeness (QED) is 0.743. The van der Waals surface area contributed by atoms with E-state index < -0.39 is 0 Å². The van der Waals surface area contributed by atoms with Gasteiger partial charge in [0.2, 0.25) is 0 Å². The van der Waals surface area contributed by atoms with Crippen LogP contribution in [0.5, 0.6) is 11.5 Å². The molecule has 1 unspecified atom stereocenters. The summed E-state index contributed by atoms with van der Waals surface area (Å²) in [5, 5.41) is 10.3. The molecule has 1 aromatic carbocycles. The van der Waals surface area contributed by atoms with Crippen molar-refractivity contribution in [2.24, 2.45) is 5.92 Å². The van der Waals surface area contributed by atoms with E-state index in [1.807, 2.05) is 0 Å². The first-order chi connectivity index (χ1) is 10.4. The zero-order valence-electron chi connectivity index (χ0n) is 13.1. The molecule has 5 rings (SSSR count). The number of likely N-dealkylation sites (tertiary alicyclic amines) is 1. The third kappa shape index (κ3) is 1.23. The SMILES string of the molecule is C[N+]1(C)CC[C@]23c4c5ccc(O)c4OC2C(=O)CC[C@@H]3[C@H]1C5. The fourth-order valence-corrected chi connectivity index (χ4v) is 5.90. The third-order valence-electron chi connectivity index (χ3n) is 6.94. The highest BCUT2D eigenvalue weighted by atomic mass is 16.5. The predicted molar refractivity (Wildman–Crippen MR) is 81.0 cm³/mol. The minimum atomic E-state index is -0.364. The lowest BCUT2D eigenvalue weighted by molar-refractivity contribution is -0.927. The molecule has 4 atom stereocenters. The van der Waals surface area contributed by atoms with Gasteiger partial charge in [-0.15, -0.1) is 0 Å². The molecule has 1 saturated heterocycles. The number of ketones is 1. The summed E-state index contributed by atoms with van der Waals surface area (Å²) >= 11 is 0. The van der Waals surface area contributed by atoms with Crippen molar-refractivity contribution >= 4 is 5.78 Å². The van der Waals surface area contributed by atoms with Gasteiger partial charge in [-0.3, -0.25) is 4.79 Å². The standard InChI is InChI=1S/C18H21NO3/c1-19(2)8-7-18-11-4-6-14(21)17(18)22-16-13(20)5-3-10(15(16)18)9-12(11)19/h3,5,11-12,17H,4,6-9H2,1-2H3/p+1/t11-,12-,17?,18+/m1/s1. The van der Waals surface area contributed by atoms with Crippen molar-refractivity contribution in [1.29, 1.82) is 0 Å². The summed E-state index contributed by atoms with van der Waals surface area (Å²) in [6.07, 6.45) is 3.25. The predicted octanol–water partition coefficient (Wildman–Crippen LogP) is 1.77. The number of quaternary nitrogens is 1. The molecule has 4 nitrogen and oxygen atoms in total. The molecule has 0 aromatic heterocycles. The van der Waals surface area contributed by atoms with Crippen LogP contribution in [-0.4, -0.2) is 48.2 Å². The van der Waals surface area contributed by atoms with Gasteiger partial charge in [0, 0.05) is 30.7 Å². The van der Waals surface area contributed by atoms with Gasteiger partial charge in [0.05, 0.1) is 32.1 Å². The van der Waals surface area contributed by atoms with Crippen molar-refractivity contribution in [3.05, 3.63) is 23.3 Å². The molecule has 116 valence electrons. The van der Waals surface area contributed by atoms with Gasteiger partial charge < -0.3 is 14.3 Å². The molecule has 1 saturated carbocycles. The average Bonchev–Trinajstić information content (AvgIpc) is 2.84. The van der Waals surface area contributed by atoms with Crippen LogP contribution in [0.15, 0.2) is 12.1 Å². The summed E-state index contributed by atoms with van der Waals surface area (Å²) < 4.78 is 7.11. The van der Waals surface area contributed by atoms with E-state index in [1.165, 1.54) is 11.1 Å². The van der Waals surface area contributed by atoms with Gasteiger partial charge in [-0.1, -0.05) is 6.07 Å². The summed E-state index contributed by atoms with van der Waals surface area (Å²) in [6, 6.07) is 4.34. The number of phenols is 1. The second-order valence-corrected chi connectivity index (χ2v) is 8.12. The van der Waals surface area contributed by atoms with E-state index in [2.05, 4.69) is 20.2 Å². The number of phenolic OH excluding ortho intramolecular Hbond substituents is 1. The average molecular weight is 300 g/mol. The fraction of sp³-hybridized carbons (Fsp3) is 0.611. The lowest BCUT2D eigenvalue weighted by atomic mass is 9.51. The van der Waals surface area contributed by atoms with Gasteiger partial charge in [0.15, 0.2) is 23.4 Å². The first-order valence-corrected chi connectivity index (χ1v) is 8.32. The molecule has 0 amide bonds. The minimum absolute atomic E-state index is 0.171. The number of carbonyl (C=O) groups is 1. The molecule has 2 heterocycles. The molecule has 1 spiro atoms. The van der Waals surface area contributed by atoms with E-state index in [1.54, 1.807) is 6.07 Å². The second-order valence-electron chi connectivity index (χ2n) is 8.12. The second kappa shape index (κ2) is 3.67. The van der Waals surface area contributed by atoms with E-state index in [-0.39, 0.29) is 23.1 Å². The maximum absolute atomic E-state index is 12.6. The number of ether oxygens (including phenoxy) is 1. The largest absolute Gasteiger partial charge is 0.504 e. The molecule has 2 fully saturated rings. The summed E-state index contributed by atoms with van der Waals surface area (Å²) in [6.45, 7) is 1.07. The van der Waals surface area contributed by atoms with E-state index in [0.717, 1.165) is 30.3 Å². The Morgan fingerprint density at radius 2 is 2.18 bits per heavy atom. The van der Waals surface area contributed by atoms with Gasteiger partial charge in [-0.05, 0) is 18.1 Å². The summed E-state index contributed by atoms with van der Waals surface area (Å²) in [4.78, 5) is 12.6. The minimum Gasteiger partial charge on any atom is -0.504 e. The lowest BCUT2D eigenvalue weighted by Crippen LogP contribution is -2.70. The monoisotopic (exact) mass is 300 g/mol. The Kier molecular flexibility index (Phi) is 2.16. The number of nitrogens with zero attached hydrogens (tertiary/aromatic N) is 1. The Hall–Kier alpha value is -1.55. The first-order valence-electron chi connectivity index (χ1n) is 8.32. The van der Waals surface area contributed by atoms with E-state index in [9.17, 15) is 9.90 Å². The van der Waals surface area contributed by atoms with Gasteiger partial charge >= 0.3 is 0 Å². The van der Waals surface area contributed by atoms with Crippen LogP contribution in [0.25, 0.3) is 0 Å². The Balaban J connectivity index is 1.83. The van der Waals surface area contributed by atoms with Gasteiger partial charge in [0.1, 0.15) is 0 Å². The zero-order chi connectivity index (χ0) is 15.3. The number of hydrogen-bond acceptors (Lipinski definition) is 3. The van der Waals surface area contributed by atoms with Crippen LogP contribution in [0.3, 0.4) is 0 Å². The molecule has 22 heavy (non-hydrogen) atoms. The molecule has 4 heteroatoms. The Labute approximate surface area is 130 Å². The third-order valence-corrected chi connectivity index (χ3v) is 6.94. The molecular weight excluding hydrogens is 278 g/mol. The van der Waals surface area contributed by atoms with Crippen LogP contribution in [0.4, 0.5) is 0 Å².